The topological polar surface area (TPSA) is 109 Å². The van der Waals surface area contributed by atoms with Gasteiger partial charge in [0, 0.05) is 17.7 Å². The first-order chi connectivity index (χ1) is 10.4. The molecular weight excluding hydrogens is 304 g/mol. The quantitative estimate of drug-likeness (QED) is 0.745. The number of aryl methyl sites for hydroxylation is 1. The van der Waals surface area contributed by atoms with Crippen LogP contribution in [0.4, 0.5) is 5.00 Å². The van der Waals surface area contributed by atoms with Crippen LogP contribution < -0.4 is 11.1 Å². The number of carboxylic acids is 1. The van der Waals surface area contributed by atoms with Gasteiger partial charge < -0.3 is 16.2 Å². The Morgan fingerprint density at radius 2 is 1.95 bits per heavy atom. The predicted octanol–water partition coefficient (Wildman–Crippen LogP) is 2.17. The van der Waals surface area contributed by atoms with E-state index >= 15 is 0 Å². The van der Waals surface area contributed by atoms with Gasteiger partial charge in [0.2, 0.25) is 5.91 Å². The van der Waals surface area contributed by atoms with Crippen molar-refractivity contribution < 1.29 is 19.5 Å². The lowest BCUT2D eigenvalue weighted by Gasteiger charge is -2.11. The number of thiophene rings is 1. The van der Waals surface area contributed by atoms with Crippen LogP contribution in [0.5, 0.6) is 0 Å². The fraction of sp³-hybridized carbons (Fsp3) is 0.533. The normalized spacial score (nSPS) is 15.0. The molecule has 0 bridgehead atoms. The van der Waals surface area contributed by atoms with Gasteiger partial charge in [0.1, 0.15) is 5.00 Å². The number of fused-ring (bicyclic) bond motifs is 1. The van der Waals surface area contributed by atoms with E-state index in [4.69, 9.17) is 10.8 Å². The molecule has 0 radical (unpaired) electrons. The number of carbonyl (C=O) groups excluding carboxylic acids is 2. The Bertz CT molecular complexity index is 609. The lowest BCUT2D eigenvalue weighted by Crippen LogP contribution is -2.20. The zero-order valence-electron chi connectivity index (χ0n) is 12.5. The fourth-order valence-electron chi connectivity index (χ4n) is 2.78. The van der Waals surface area contributed by atoms with E-state index in [0.29, 0.717) is 10.6 Å². The number of carboxylic acid groups (broad SMARTS) is 1. The van der Waals surface area contributed by atoms with Crippen LogP contribution in [0.2, 0.25) is 0 Å². The Kier molecular flexibility index (Phi) is 5.18. The second kappa shape index (κ2) is 6.91. The molecule has 1 aliphatic rings. The average Bonchev–Trinajstić information content (AvgIpc) is 2.74. The Hall–Kier alpha value is -1.89. The summed E-state index contributed by atoms with van der Waals surface area (Å²) in [6.07, 6.45) is 3.87. The third-order valence-corrected chi connectivity index (χ3v) is 4.93. The Labute approximate surface area is 132 Å². The van der Waals surface area contributed by atoms with Gasteiger partial charge in [-0.3, -0.25) is 14.4 Å². The number of anilines is 1. The second-order valence-electron chi connectivity index (χ2n) is 5.73. The molecule has 1 heterocycles. The second-order valence-corrected chi connectivity index (χ2v) is 6.84. The predicted molar refractivity (Wildman–Crippen MR) is 84.1 cm³/mol. The monoisotopic (exact) mass is 324 g/mol. The van der Waals surface area contributed by atoms with Crippen LogP contribution in [0, 0.1) is 5.92 Å². The number of hydrogen-bond acceptors (Lipinski definition) is 4. The molecule has 0 aliphatic heterocycles. The molecule has 0 saturated heterocycles. The number of rotatable bonds is 6. The van der Waals surface area contributed by atoms with E-state index in [0.717, 1.165) is 36.1 Å². The third-order valence-electron chi connectivity index (χ3n) is 3.73. The maximum Gasteiger partial charge on any atom is 0.303 e. The maximum atomic E-state index is 12.0. The summed E-state index contributed by atoms with van der Waals surface area (Å²) in [5, 5.41) is 12.0. The standard InChI is InChI=1S/C15H20N2O4S/c1-8(7-12(19)20)6-11(18)17-15-13(14(16)21)9-4-2-3-5-10(9)22-15/h8H,2-7H2,1H3,(H2,16,21)(H,17,18)(H,19,20)/t8-/m0/s1. The van der Waals surface area contributed by atoms with Crippen molar-refractivity contribution in [2.24, 2.45) is 11.7 Å². The van der Waals surface area contributed by atoms with Crippen molar-refractivity contribution in [1.82, 2.24) is 0 Å². The number of hydrogen-bond donors (Lipinski definition) is 3. The highest BCUT2D eigenvalue weighted by Gasteiger charge is 2.25. The molecule has 120 valence electrons. The molecule has 0 aromatic carbocycles. The Balaban J connectivity index is 2.12. The first-order valence-corrected chi connectivity index (χ1v) is 8.16. The molecular formula is C15H20N2O4S. The highest BCUT2D eigenvalue weighted by atomic mass is 32.1. The van der Waals surface area contributed by atoms with Gasteiger partial charge in [-0.05, 0) is 37.2 Å². The average molecular weight is 324 g/mol. The summed E-state index contributed by atoms with van der Waals surface area (Å²) in [6.45, 7) is 1.71. The maximum absolute atomic E-state index is 12.0. The largest absolute Gasteiger partial charge is 0.481 e. The first kappa shape index (κ1) is 16.5. The molecule has 1 aromatic heterocycles. The molecule has 1 atom stereocenters. The van der Waals surface area contributed by atoms with Gasteiger partial charge in [-0.25, -0.2) is 0 Å². The van der Waals surface area contributed by atoms with Crippen molar-refractivity contribution in [2.75, 3.05) is 5.32 Å². The molecule has 22 heavy (non-hydrogen) atoms. The number of primary amides is 1. The Morgan fingerprint density at radius 3 is 2.59 bits per heavy atom. The fourth-order valence-corrected chi connectivity index (χ4v) is 4.09. The van der Waals surface area contributed by atoms with E-state index in [1.165, 1.54) is 11.3 Å². The van der Waals surface area contributed by atoms with Crippen LogP contribution >= 0.6 is 11.3 Å². The molecule has 2 amide bonds. The summed E-state index contributed by atoms with van der Waals surface area (Å²) >= 11 is 1.41. The van der Waals surface area contributed by atoms with E-state index in [1.54, 1.807) is 6.92 Å². The van der Waals surface area contributed by atoms with E-state index in [-0.39, 0.29) is 24.7 Å². The van der Waals surface area contributed by atoms with Crippen molar-refractivity contribution in [2.45, 2.75) is 45.4 Å². The third kappa shape index (κ3) is 3.85. The zero-order chi connectivity index (χ0) is 16.3. The summed E-state index contributed by atoms with van der Waals surface area (Å²) in [5.41, 5.74) is 6.86. The van der Waals surface area contributed by atoms with Gasteiger partial charge in [-0.1, -0.05) is 6.92 Å². The number of nitrogens with one attached hydrogen (secondary N) is 1. The van der Waals surface area contributed by atoms with Crippen LogP contribution in [0.1, 0.15) is 53.4 Å². The van der Waals surface area contributed by atoms with Crippen LogP contribution in [0.15, 0.2) is 0 Å². The minimum atomic E-state index is -0.926. The van der Waals surface area contributed by atoms with Gasteiger partial charge in [0.25, 0.3) is 5.91 Å². The molecule has 1 aromatic rings. The molecule has 7 heteroatoms. The van der Waals surface area contributed by atoms with Crippen molar-refractivity contribution >= 4 is 34.1 Å². The number of amides is 2. The van der Waals surface area contributed by atoms with Crippen molar-refractivity contribution in [3.05, 3.63) is 16.0 Å². The van der Waals surface area contributed by atoms with Crippen LogP contribution in [-0.2, 0) is 22.4 Å². The van der Waals surface area contributed by atoms with Crippen molar-refractivity contribution in [3.63, 3.8) is 0 Å². The van der Waals surface area contributed by atoms with Crippen LogP contribution in [0.25, 0.3) is 0 Å². The number of aliphatic carboxylic acids is 1. The minimum absolute atomic E-state index is 0.0585. The lowest BCUT2D eigenvalue weighted by atomic mass is 9.95. The van der Waals surface area contributed by atoms with E-state index < -0.39 is 11.9 Å². The smallest absolute Gasteiger partial charge is 0.303 e. The van der Waals surface area contributed by atoms with Gasteiger partial charge >= 0.3 is 5.97 Å². The van der Waals surface area contributed by atoms with Gasteiger partial charge in [0.15, 0.2) is 0 Å². The lowest BCUT2D eigenvalue weighted by molar-refractivity contribution is -0.138. The molecule has 0 unspecified atom stereocenters. The van der Waals surface area contributed by atoms with Gasteiger partial charge in [-0.2, -0.15) is 0 Å². The van der Waals surface area contributed by atoms with E-state index in [9.17, 15) is 14.4 Å². The molecule has 6 nitrogen and oxygen atoms in total. The van der Waals surface area contributed by atoms with Crippen LogP contribution in [-0.4, -0.2) is 22.9 Å². The molecule has 0 saturated carbocycles. The zero-order valence-corrected chi connectivity index (χ0v) is 13.3. The highest BCUT2D eigenvalue weighted by Crippen LogP contribution is 2.38. The summed E-state index contributed by atoms with van der Waals surface area (Å²) < 4.78 is 0. The summed E-state index contributed by atoms with van der Waals surface area (Å²) in [4.78, 5) is 35.5. The summed E-state index contributed by atoms with van der Waals surface area (Å²) in [7, 11) is 0. The van der Waals surface area contributed by atoms with E-state index in [2.05, 4.69) is 5.32 Å². The summed E-state index contributed by atoms with van der Waals surface area (Å²) in [5.74, 6) is -1.99. The minimum Gasteiger partial charge on any atom is -0.481 e. The van der Waals surface area contributed by atoms with E-state index in [1.807, 2.05) is 0 Å². The van der Waals surface area contributed by atoms with Gasteiger partial charge in [-0.15, -0.1) is 11.3 Å². The number of carbonyl (C=O) groups is 3. The van der Waals surface area contributed by atoms with Crippen molar-refractivity contribution in [3.8, 4) is 0 Å². The SMILES string of the molecule is C[C@H](CC(=O)O)CC(=O)Nc1sc2c(c1C(N)=O)CCCC2. The molecule has 2 rings (SSSR count). The molecule has 1 aliphatic carbocycles. The summed E-state index contributed by atoms with van der Waals surface area (Å²) in [6, 6.07) is 0. The van der Waals surface area contributed by atoms with Gasteiger partial charge in [0.05, 0.1) is 5.56 Å². The molecule has 0 fully saturated rings. The number of nitrogens with two attached hydrogens (primary N) is 1. The van der Waals surface area contributed by atoms with Crippen molar-refractivity contribution in [1.29, 1.82) is 0 Å². The Morgan fingerprint density at radius 1 is 1.27 bits per heavy atom. The first-order valence-electron chi connectivity index (χ1n) is 7.34. The molecule has 4 N–H and O–H groups in total. The highest BCUT2D eigenvalue weighted by molar-refractivity contribution is 7.17. The molecule has 0 spiro atoms. The van der Waals surface area contributed by atoms with Crippen LogP contribution in [0.3, 0.4) is 0 Å².